The third-order valence-electron chi connectivity index (χ3n) is 2.77. The highest BCUT2D eigenvalue weighted by Gasteiger charge is 2.13. The van der Waals surface area contributed by atoms with E-state index < -0.39 is 5.91 Å². The highest BCUT2D eigenvalue weighted by molar-refractivity contribution is 7.99. The second-order valence-electron chi connectivity index (χ2n) is 5.12. The van der Waals surface area contributed by atoms with Gasteiger partial charge in [-0.15, -0.1) is 0 Å². The number of hydrogen-bond donors (Lipinski definition) is 1. The summed E-state index contributed by atoms with van der Waals surface area (Å²) in [5.74, 6) is -0.0838. The number of aromatic nitrogens is 2. The quantitative estimate of drug-likeness (QED) is 0.675. The van der Waals surface area contributed by atoms with E-state index in [9.17, 15) is 9.59 Å². The van der Waals surface area contributed by atoms with Crippen molar-refractivity contribution in [2.24, 2.45) is 11.7 Å². The standard InChI is InChI=1S/C14H16ClN3O2S/c1-8(2)6-18-13(20)10-5-9(15)3-4-11(10)17-14(18)21-7-12(16)19/h3-5,8H,6-7H2,1-2H3,(H2,16,19). The molecule has 0 aliphatic rings. The highest BCUT2D eigenvalue weighted by atomic mass is 35.5. The SMILES string of the molecule is CC(C)Cn1c(SCC(N)=O)nc2ccc(Cl)cc2c1=O. The van der Waals surface area contributed by atoms with Crippen LogP contribution in [0.25, 0.3) is 10.9 Å². The molecule has 2 N–H and O–H groups in total. The average Bonchev–Trinajstić information content (AvgIpc) is 2.40. The summed E-state index contributed by atoms with van der Waals surface area (Å²) in [6.45, 7) is 4.55. The van der Waals surface area contributed by atoms with E-state index in [-0.39, 0.29) is 17.2 Å². The highest BCUT2D eigenvalue weighted by Crippen LogP contribution is 2.20. The van der Waals surface area contributed by atoms with Gasteiger partial charge in [0.25, 0.3) is 5.56 Å². The molecule has 7 heteroatoms. The van der Waals surface area contributed by atoms with E-state index in [1.807, 2.05) is 13.8 Å². The number of nitrogens with zero attached hydrogens (tertiary/aromatic N) is 2. The Hall–Kier alpha value is -1.53. The minimum absolute atomic E-state index is 0.0869. The lowest BCUT2D eigenvalue weighted by molar-refractivity contribution is -0.115. The van der Waals surface area contributed by atoms with Crippen LogP contribution in [0, 0.1) is 5.92 Å². The molecule has 2 aromatic rings. The van der Waals surface area contributed by atoms with Crippen molar-refractivity contribution in [3.8, 4) is 0 Å². The third kappa shape index (κ3) is 3.77. The van der Waals surface area contributed by atoms with Crippen LogP contribution in [0.2, 0.25) is 5.02 Å². The first kappa shape index (κ1) is 15.9. The Morgan fingerprint density at radius 3 is 2.81 bits per heavy atom. The molecule has 2 rings (SSSR count). The Morgan fingerprint density at radius 2 is 2.19 bits per heavy atom. The minimum atomic E-state index is -0.443. The largest absolute Gasteiger partial charge is 0.369 e. The van der Waals surface area contributed by atoms with Gasteiger partial charge in [0.2, 0.25) is 5.91 Å². The van der Waals surface area contributed by atoms with Gasteiger partial charge in [-0.05, 0) is 24.1 Å². The van der Waals surface area contributed by atoms with E-state index >= 15 is 0 Å². The summed E-state index contributed by atoms with van der Waals surface area (Å²) in [5, 5.41) is 1.48. The van der Waals surface area contributed by atoms with E-state index in [2.05, 4.69) is 4.98 Å². The van der Waals surface area contributed by atoms with Crippen molar-refractivity contribution in [2.45, 2.75) is 25.5 Å². The molecule has 0 saturated carbocycles. The smallest absolute Gasteiger partial charge is 0.262 e. The molecule has 112 valence electrons. The van der Waals surface area contributed by atoms with Crippen molar-refractivity contribution in [1.29, 1.82) is 0 Å². The zero-order valence-electron chi connectivity index (χ0n) is 11.8. The van der Waals surface area contributed by atoms with Crippen molar-refractivity contribution < 1.29 is 4.79 Å². The molecule has 21 heavy (non-hydrogen) atoms. The minimum Gasteiger partial charge on any atom is -0.369 e. The zero-order valence-corrected chi connectivity index (χ0v) is 13.4. The lowest BCUT2D eigenvalue weighted by atomic mass is 10.2. The van der Waals surface area contributed by atoms with Gasteiger partial charge in [-0.3, -0.25) is 14.2 Å². The fraction of sp³-hybridized carbons (Fsp3) is 0.357. The Morgan fingerprint density at radius 1 is 1.48 bits per heavy atom. The number of primary amides is 1. The summed E-state index contributed by atoms with van der Waals surface area (Å²) in [5.41, 5.74) is 5.59. The molecule has 0 fully saturated rings. The number of amides is 1. The van der Waals surface area contributed by atoms with Crippen molar-refractivity contribution >= 4 is 40.2 Å². The van der Waals surface area contributed by atoms with Crippen LogP contribution in [0.1, 0.15) is 13.8 Å². The number of fused-ring (bicyclic) bond motifs is 1. The van der Waals surface area contributed by atoms with Crippen molar-refractivity contribution in [1.82, 2.24) is 9.55 Å². The first-order valence-electron chi connectivity index (χ1n) is 6.49. The Labute approximate surface area is 131 Å². The van der Waals surface area contributed by atoms with Gasteiger partial charge in [-0.2, -0.15) is 0 Å². The number of nitrogens with two attached hydrogens (primary N) is 1. The molecule has 0 saturated heterocycles. The zero-order chi connectivity index (χ0) is 15.6. The predicted octanol–water partition coefficient (Wildman–Crippen LogP) is 2.28. The first-order valence-corrected chi connectivity index (χ1v) is 7.86. The van der Waals surface area contributed by atoms with Crippen LogP contribution >= 0.6 is 23.4 Å². The molecule has 0 aliphatic heterocycles. The van der Waals surface area contributed by atoms with Gasteiger partial charge in [0.15, 0.2) is 5.16 Å². The van der Waals surface area contributed by atoms with E-state index in [0.717, 1.165) is 0 Å². The molecule has 1 heterocycles. The number of halogens is 1. The van der Waals surface area contributed by atoms with Crippen LogP contribution in [0.5, 0.6) is 0 Å². The molecule has 0 unspecified atom stereocenters. The molecule has 1 aromatic heterocycles. The van der Waals surface area contributed by atoms with Crippen LogP contribution in [0.4, 0.5) is 0 Å². The first-order chi connectivity index (χ1) is 9.88. The van der Waals surface area contributed by atoms with Gasteiger partial charge in [-0.1, -0.05) is 37.2 Å². The number of rotatable bonds is 5. The van der Waals surface area contributed by atoms with Gasteiger partial charge in [-0.25, -0.2) is 4.98 Å². The average molecular weight is 326 g/mol. The molecule has 5 nitrogen and oxygen atoms in total. The second kappa shape index (κ2) is 6.49. The van der Waals surface area contributed by atoms with Gasteiger partial charge in [0.05, 0.1) is 16.7 Å². The Balaban J connectivity index is 2.61. The normalized spacial score (nSPS) is 11.2. The van der Waals surface area contributed by atoms with Gasteiger partial charge in [0.1, 0.15) is 0 Å². The van der Waals surface area contributed by atoms with Gasteiger partial charge >= 0.3 is 0 Å². The summed E-state index contributed by atoms with van der Waals surface area (Å²) in [6.07, 6.45) is 0. The van der Waals surface area contributed by atoms with Gasteiger partial charge < -0.3 is 5.73 Å². The summed E-state index contributed by atoms with van der Waals surface area (Å²) in [4.78, 5) is 28.0. The van der Waals surface area contributed by atoms with E-state index in [4.69, 9.17) is 17.3 Å². The topological polar surface area (TPSA) is 78.0 Å². The number of carbonyl (C=O) groups is 1. The molecule has 1 amide bonds. The van der Waals surface area contributed by atoms with E-state index in [1.54, 1.807) is 22.8 Å². The number of hydrogen-bond acceptors (Lipinski definition) is 4. The number of carbonyl (C=O) groups excluding carboxylic acids is 1. The fourth-order valence-corrected chi connectivity index (χ4v) is 2.86. The van der Waals surface area contributed by atoms with Crippen molar-refractivity contribution in [3.63, 3.8) is 0 Å². The summed E-state index contributed by atoms with van der Waals surface area (Å²) >= 11 is 7.12. The second-order valence-corrected chi connectivity index (χ2v) is 6.50. The molecule has 0 bridgehead atoms. The molecule has 0 atom stereocenters. The van der Waals surface area contributed by atoms with E-state index in [1.165, 1.54) is 11.8 Å². The maximum Gasteiger partial charge on any atom is 0.262 e. The lowest BCUT2D eigenvalue weighted by Crippen LogP contribution is -2.26. The lowest BCUT2D eigenvalue weighted by Gasteiger charge is -2.14. The van der Waals surface area contributed by atoms with Crippen LogP contribution in [0.3, 0.4) is 0 Å². The van der Waals surface area contributed by atoms with Crippen LogP contribution in [0.15, 0.2) is 28.2 Å². The summed E-state index contributed by atoms with van der Waals surface area (Å²) < 4.78 is 1.58. The summed E-state index contributed by atoms with van der Waals surface area (Å²) in [7, 11) is 0. The maximum absolute atomic E-state index is 12.6. The molecular weight excluding hydrogens is 310 g/mol. The van der Waals surface area contributed by atoms with Gasteiger partial charge in [0, 0.05) is 11.6 Å². The molecular formula is C14H16ClN3O2S. The van der Waals surface area contributed by atoms with Crippen LogP contribution < -0.4 is 11.3 Å². The van der Waals surface area contributed by atoms with Crippen molar-refractivity contribution in [3.05, 3.63) is 33.6 Å². The molecule has 0 radical (unpaired) electrons. The number of thioether (sulfide) groups is 1. The molecule has 1 aromatic carbocycles. The predicted molar refractivity (Wildman–Crippen MR) is 85.8 cm³/mol. The van der Waals surface area contributed by atoms with Crippen LogP contribution in [-0.4, -0.2) is 21.2 Å². The Bertz CT molecular complexity index is 743. The monoisotopic (exact) mass is 325 g/mol. The molecule has 0 aliphatic carbocycles. The fourth-order valence-electron chi connectivity index (χ4n) is 1.94. The summed E-state index contributed by atoms with van der Waals surface area (Å²) in [6, 6.07) is 5.00. The molecule has 0 spiro atoms. The Kier molecular flexibility index (Phi) is 4.90. The third-order valence-corrected chi connectivity index (χ3v) is 4.01. The van der Waals surface area contributed by atoms with Crippen LogP contribution in [-0.2, 0) is 11.3 Å². The van der Waals surface area contributed by atoms with Crippen molar-refractivity contribution in [2.75, 3.05) is 5.75 Å². The van der Waals surface area contributed by atoms with E-state index in [0.29, 0.717) is 27.6 Å². The maximum atomic E-state index is 12.6. The number of benzene rings is 1.